The van der Waals surface area contributed by atoms with E-state index in [1.54, 1.807) is 13.0 Å². The average Bonchev–Trinajstić information content (AvgIpc) is 3.20. The standard InChI is InChI=1S/C14H17BrClNO3S/c1-9-7-11(8-12(13(9)15)21(16,19)20)14(18)17-6-2-3-10-4-5-10/h7-8,10H,2-6H2,1H3,(H,17,18). The summed E-state index contributed by atoms with van der Waals surface area (Å²) >= 11 is 3.19. The highest BCUT2D eigenvalue weighted by molar-refractivity contribution is 9.10. The van der Waals surface area contributed by atoms with Crippen LogP contribution < -0.4 is 5.32 Å². The molecule has 0 aliphatic heterocycles. The minimum atomic E-state index is -3.89. The van der Waals surface area contributed by atoms with Crippen LogP contribution in [0.15, 0.2) is 21.5 Å². The van der Waals surface area contributed by atoms with Gasteiger partial charge in [-0.3, -0.25) is 4.79 Å². The molecule has 2 rings (SSSR count). The maximum atomic E-state index is 12.1. The molecule has 0 atom stereocenters. The van der Waals surface area contributed by atoms with Gasteiger partial charge >= 0.3 is 0 Å². The summed E-state index contributed by atoms with van der Waals surface area (Å²) in [5.74, 6) is 0.563. The van der Waals surface area contributed by atoms with Gasteiger partial charge in [-0.05, 0) is 59.3 Å². The van der Waals surface area contributed by atoms with Gasteiger partial charge in [0.25, 0.3) is 15.0 Å². The van der Waals surface area contributed by atoms with Crippen LogP contribution >= 0.6 is 26.6 Å². The van der Waals surface area contributed by atoms with Gasteiger partial charge in [-0.1, -0.05) is 12.8 Å². The number of amides is 1. The van der Waals surface area contributed by atoms with Gasteiger partial charge in [0.15, 0.2) is 0 Å². The van der Waals surface area contributed by atoms with Gasteiger partial charge < -0.3 is 5.32 Å². The molecule has 0 unspecified atom stereocenters. The largest absolute Gasteiger partial charge is 0.352 e. The quantitative estimate of drug-likeness (QED) is 0.592. The molecule has 0 saturated heterocycles. The first kappa shape index (κ1) is 16.8. The van der Waals surface area contributed by atoms with E-state index in [9.17, 15) is 13.2 Å². The third kappa shape index (κ3) is 4.69. The van der Waals surface area contributed by atoms with Gasteiger partial charge in [0.05, 0.1) is 4.90 Å². The lowest BCUT2D eigenvalue weighted by Gasteiger charge is -2.09. The van der Waals surface area contributed by atoms with E-state index in [4.69, 9.17) is 10.7 Å². The van der Waals surface area contributed by atoms with Crippen LogP contribution in [0.3, 0.4) is 0 Å². The maximum Gasteiger partial charge on any atom is 0.262 e. The van der Waals surface area contributed by atoms with Crippen LogP contribution in [0, 0.1) is 12.8 Å². The van der Waals surface area contributed by atoms with E-state index in [1.807, 2.05) is 0 Å². The van der Waals surface area contributed by atoms with Crippen molar-refractivity contribution in [1.29, 1.82) is 0 Å². The molecule has 1 fully saturated rings. The van der Waals surface area contributed by atoms with Gasteiger partial charge in [0, 0.05) is 27.3 Å². The first-order valence-electron chi connectivity index (χ1n) is 6.82. The Morgan fingerprint density at radius 3 is 2.67 bits per heavy atom. The topological polar surface area (TPSA) is 63.2 Å². The number of benzene rings is 1. The van der Waals surface area contributed by atoms with Crippen molar-refractivity contribution in [2.45, 2.75) is 37.5 Å². The summed E-state index contributed by atoms with van der Waals surface area (Å²) in [6.45, 7) is 2.33. The molecule has 1 aromatic carbocycles. The van der Waals surface area contributed by atoms with Crippen LogP contribution in [-0.2, 0) is 9.05 Å². The highest BCUT2D eigenvalue weighted by Gasteiger charge is 2.21. The number of hydrogen-bond acceptors (Lipinski definition) is 3. The Balaban J connectivity index is 2.07. The first-order chi connectivity index (χ1) is 9.79. The lowest BCUT2D eigenvalue weighted by molar-refractivity contribution is 0.0952. The SMILES string of the molecule is Cc1cc(C(=O)NCCCC2CC2)cc(S(=O)(=O)Cl)c1Br. The van der Waals surface area contributed by atoms with Crippen molar-refractivity contribution in [2.75, 3.05) is 6.54 Å². The molecule has 0 heterocycles. The minimum Gasteiger partial charge on any atom is -0.352 e. The van der Waals surface area contributed by atoms with E-state index in [1.165, 1.54) is 18.9 Å². The zero-order chi connectivity index (χ0) is 15.6. The second-order valence-corrected chi connectivity index (χ2v) is 8.71. The Morgan fingerprint density at radius 2 is 2.10 bits per heavy atom. The van der Waals surface area contributed by atoms with Gasteiger partial charge in [-0.15, -0.1) is 0 Å². The van der Waals surface area contributed by atoms with E-state index in [0.717, 1.165) is 18.8 Å². The second kappa shape index (κ2) is 6.67. The number of aryl methyl sites for hydroxylation is 1. The van der Waals surface area contributed by atoms with Crippen molar-refractivity contribution < 1.29 is 13.2 Å². The van der Waals surface area contributed by atoms with Crippen molar-refractivity contribution in [3.05, 3.63) is 27.7 Å². The summed E-state index contributed by atoms with van der Waals surface area (Å²) in [5.41, 5.74) is 0.959. The lowest BCUT2D eigenvalue weighted by atomic mass is 10.1. The molecule has 1 aromatic rings. The van der Waals surface area contributed by atoms with Crippen LogP contribution in [0.5, 0.6) is 0 Å². The second-order valence-electron chi connectivity index (χ2n) is 5.38. The van der Waals surface area contributed by atoms with E-state index in [2.05, 4.69) is 21.2 Å². The van der Waals surface area contributed by atoms with Gasteiger partial charge in [-0.25, -0.2) is 8.42 Å². The van der Waals surface area contributed by atoms with Crippen LogP contribution in [0.25, 0.3) is 0 Å². The van der Waals surface area contributed by atoms with Crippen LogP contribution in [-0.4, -0.2) is 20.9 Å². The fourth-order valence-corrected chi connectivity index (χ4v) is 4.30. The van der Waals surface area contributed by atoms with Gasteiger partial charge in [-0.2, -0.15) is 0 Å². The Bertz CT molecular complexity index is 656. The van der Waals surface area contributed by atoms with Crippen LogP contribution in [0.2, 0.25) is 0 Å². The summed E-state index contributed by atoms with van der Waals surface area (Å²) < 4.78 is 23.4. The molecular formula is C14H17BrClNO3S. The van der Waals surface area contributed by atoms with Gasteiger partial charge in [0.2, 0.25) is 0 Å². The molecule has 21 heavy (non-hydrogen) atoms. The summed E-state index contributed by atoms with van der Waals surface area (Å²) in [4.78, 5) is 12.0. The summed E-state index contributed by atoms with van der Waals surface area (Å²) in [6.07, 6.45) is 4.70. The number of halogens is 2. The number of rotatable bonds is 6. The summed E-state index contributed by atoms with van der Waals surface area (Å²) in [6, 6.07) is 2.95. The molecular weight excluding hydrogens is 378 g/mol. The molecule has 1 aliphatic rings. The van der Waals surface area contributed by atoms with Crippen molar-refractivity contribution in [2.24, 2.45) is 5.92 Å². The van der Waals surface area contributed by atoms with Crippen molar-refractivity contribution in [3.8, 4) is 0 Å². The molecule has 1 amide bonds. The number of carbonyl (C=O) groups is 1. The Morgan fingerprint density at radius 1 is 1.43 bits per heavy atom. The molecule has 4 nitrogen and oxygen atoms in total. The molecule has 1 saturated carbocycles. The van der Waals surface area contributed by atoms with Crippen LogP contribution in [0.1, 0.15) is 41.6 Å². The molecule has 116 valence electrons. The number of nitrogens with one attached hydrogen (secondary N) is 1. The minimum absolute atomic E-state index is 0.0766. The number of hydrogen-bond donors (Lipinski definition) is 1. The smallest absolute Gasteiger partial charge is 0.262 e. The summed E-state index contributed by atoms with van der Waals surface area (Å²) in [7, 11) is 1.50. The predicted octanol–water partition coefficient (Wildman–Crippen LogP) is 3.61. The Labute approximate surface area is 137 Å². The predicted molar refractivity (Wildman–Crippen MR) is 86.2 cm³/mol. The monoisotopic (exact) mass is 393 g/mol. The van der Waals surface area contributed by atoms with Crippen molar-refractivity contribution >= 4 is 41.6 Å². The Kier molecular flexibility index (Phi) is 5.33. The molecule has 1 aliphatic carbocycles. The highest BCUT2D eigenvalue weighted by Crippen LogP contribution is 2.33. The number of carbonyl (C=O) groups excluding carboxylic acids is 1. The third-order valence-corrected chi connectivity index (χ3v) is 6.18. The molecule has 1 N–H and O–H groups in total. The highest BCUT2D eigenvalue weighted by atomic mass is 79.9. The zero-order valence-corrected chi connectivity index (χ0v) is 14.8. The maximum absolute atomic E-state index is 12.1. The molecule has 0 bridgehead atoms. The normalized spacial score (nSPS) is 15.0. The van der Waals surface area contributed by atoms with Crippen LogP contribution in [0.4, 0.5) is 0 Å². The zero-order valence-electron chi connectivity index (χ0n) is 11.7. The molecule has 0 spiro atoms. The molecule has 0 radical (unpaired) electrons. The lowest BCUT2D eigenvalue weighted by Crippen LogP contribution is -2.24. The van der Waals surface area contributed by atoms with E-state index >= 15 is 0 Å². The molecule has 0 aromatic heterocycles. The fourth-order valence-electron chi connectivity index (χ4n) is 2.15. The molecule has 7 heteroatoms. The third-order valence-electron chi connectivity index (χ3n) is 3.52. The van der Waals surface area contributed by atoms with E-state index < -0.39 is 9.05 Å². The average molecular weight is 395 g/mol. The van der Waals surface area contributed by atoms with Crippen molar-refractivity contribution in [3.63, 3.8) is 0 Å². The van der Waals surface area contributed by atoms with Gasteiger partial charge in [0.1, 0.15) is 0 Å². The van der Waals surface area contributed by atoms with E-state index in [0.29, 0.717) is 22.1 Å². The Hall–Kier alpha value is -0.590. The fraction of sp³-hybridized carbons (Fsp3) is 0.500. The van der Waals surface area contributed by atoms with E-state index in [-0.39, 0.29) is 10.8 Å². The first-order valence-corrected chi connectivity index (χ1v) is 9.92. The van der Waals surface area contributed by atoms with Crippen molar-refractivity contribution in [1.82, 2.24) is 5.32 Å². The summed E-state index contributed by atoms with van der Waals surface area (Å²) in [5, 5.41) is 2.82.